The number of sulfonamides is 1. The number of anilines is 1. The summed E-state index contributed by atoms with van der Waals surface area (Å²) in [4.78, 5) is 0.230. The number of hydrogen-bond donors (Lipinski definition) is 1. The second-order valence-corrected chi connectivity index (χ2v) is 7.70. The summed E-state index contributed by atoms with van der Waals surface area (Å²) < 4.78 is 26.3. The third-order valence-electron chi connectivity index (χ3n) is 2.86. The van der Waals surface area contributed by atoms with Crippen molar-refractivity contribution in [3.63, 3.8) is 0 Å². The van der Waals surface area contributed by atoms with E-state index in [9.17, 15) is 8.42 Å². The van der Waals surface area contributed by atoms with E-state index in [1.165, 1.54) is 10.4 Å². The lowest BCUT2D eigenvalue weighted by atomic mass is 10.2. The lowest BCUT2D eigenvalue weighted by Gasteiger charge is -2.26. The Morgan fingerprint density at radius 3 is 2.50 bits per heavy atom. The number of thioether (sulfide) groups is 1. The van der Waals surface area contributed by atoms with E-state index in [1.807, 2.05) is 0 Å². The van der Waals surface area contributed by atoms with Gasteiger partial charge in [-0.2, -0.15) is 16.1 Å². The number of rotatable bonds is 2. The average molecular weight is 307 g/mol. The van der Waals surface area contributed by atoms with Gasteiger partial charge in [0, 0.05) is 24.6 Å². The van der Waals surface area contributed by atoms with Crippen molar-refractivity contribution in [2.45, 2.75) is 11.8 Å². The topological polar surface area (TPSA) is 63.4 Å². The van der Waals surface area contributed by atoms with E-state index in [-0.39, 0.29) is 4.90 Å². The molecule has 0 amide bonds. The van der Waals surface area contributed by atoms with E-state index in [0.717, 1.165) is 11.5 Å². The Morgan fingerprint density at radius 2 is 1.94 bits per heavy atom. The smallest absolute Gasteiger partial charge is 0.243 e. The van der Waals surface area contributed by atoms with Crippen LogP contribution in [0.5, 0.6) is 0 Å². The molecule has 1 heterocycles. The molecular formula is C11H15ClN2O2S2. The first-order chi connectivity index (χ1) is 8.43. The highest BCUT2D eigenvalue weighted by molar-refractivity contribution is 7.99. The molecular weight excluding hydrogens is 292 g/mol. The molecule has 2 N–H and O–H groups in total. The zero-order valence-electron chi connectivity index (χ0n) is 10.0. The lowest BCUT2D eigenvalue weighted by molar-refractivity contribution is 0.443. The van der Waals surface area contributed by atoms with Crippen molar-refractivity contribution >= 4 is 39.1 Å². The van der Waals surface area contributed by atoms with Gasteiger partial charge in [-0.1, -0.05) is 11.6 Å². The molecule has 0 saturated carbocycles. The number of halogens is 1. The van der Waals surface area contributed by atoms with Crippen molar-refractivity contribution in [3.05, 3.63) is 22.7 Å². The monoisotopic (exact) mass is 306 g/mol. The molecule has 18 heavy (non-hydrogen) atoms. The van der Waals surface area contributed by atoms with Crippen LogP contribution in [0.3, 0.4) is 0 Å². The maximum atomic E-state index is 12.4. The van der Waals surface area contributed by atoms with Crippen molar-refractivity contribution < 1.29 is 8.42 Å². The lowest BCUT2D eigenvalue weighted by Crippen LogP contribution is -2.37. The quantitative estimate of drug-likeness (QED) is 0.849. The fourth-order valence-electron chi connectivity index (χ4n) is 1.85. The first-order valence-corrected chi connectivity index (χ1v) is 8.53. The van der Waals surface area contributed by atoms with E-state index in [2.05, 4.69) is 0 Å². The standard InChI is InChI=1S/C11H15ClN2O2S2/c1-8-6-9(7-10(13)11(8)12)18(15,16)14-2-4-17-5-3-14/h6-7H,2-5,13H2,1H3. The van der Waals surface area contributed by atoms with Crippen LogP contribution in [-0.4, -0.2) is 37.3 Å². The molecule has 1 aliphatic rings. The van der Waals surface area contributed by atoms with Crippen LogP contribution in [0, 0.1) is 6.92 Å². The molecule has 0 spiro atoms. The predicted molar refractivity (Wildman–Crippen MR) is 76.7 cm³/mol. The maximum absolute atomic E-state index is 12.4. The highest BCUT2D eigenvalue weighted by Crippen LogP contribution is 2.29. The SMILES string of the molecule is Cc1cc(S(=O)(=O)N2CCSCC2)cc(N)c1Cl. The minimum Gasteiger partial charge on any atom is -0.397 e. The Kier molecular flexibility index (Phi) is 4.11. The molecule has 1 saturated heterocycles. The van der Waals surface area contributed by atoms with Gasteiger partial charge in [0.15, 0.2) is 0 Å². The Hall–Kier alpha value is -0.430. The van der Waals surface area contributed by atoms with Gasteiger partial charge in [0.2, 0.25) is 10.0 Å². The Labute approximate surface area is 117 Å². The van der Waals surface area contributed by atoms with E-state index < -0.39 is 10.0 Å². The summed E-state index contributed by atoms with van der Waals surface area (Å²) in [5.74, 6) is 1.67. The second kappa shape index (κ2) is 5.28. The molecule has 4 nitrogen and oxygen atoms in total. The number of nitrogen functional groups attached to an aromatic ring is 1. The van der Waals surface area contributed by atoms with Gasteiger partial charge < -0.3 is 5.73 Å². The molecule has 2 rings (SSSR count). The van der Waals surface area contributed by atoms with Crippen LogP contribution in [0.15, 0.2) is 17.0 Å². The molecule has 1 aliphatic heterocycles. The van der Waals surface area contributed by atoms with Crippen LogP contribution >= 0.6 is 23.4 Å². The van der Waals surface area contributed by atoms with Gasteiger partial charge in [-0.3, -0.25) is 0 Å². The van der Waals surface area contributed by atoms with Crippen molar-refractivity contribution in [1.82, 2.24) is 4.31 Å². The molecule has 0 aliphatic carbocycles. The highest BCUT2D eigenvalue weighted by atomic mass is 35.5. The summed E-state index contributed by atoms with van der Waals surface area (Å²) in [6.07, 6.45) is 0. The normalized spacial score (nSPS) is 17.9. The van der Waals surface area contributed by atoms with Crippen LogP contribution in [-0.2, 0) is 10.0 Å². The first kappa shape index (κ1) is 14.0. The van der Waals surface area contributed by atoms with Crippen LogP contribution in [0.1, 0.15) is 5.56 Å². The van der Waals surface area contributed by atoms with E-state index in [4.69, 9.17) is 17.3 Å². The fraction of sp³-hybridized carbons (Fsp3) is 0.455. The highest BCUT2D eigenvalue weighted by Gasteiger charge is 2.26. The molecule has 0 unspecified atom stereocenters. The second-order valence-electron chi connectivity index (χ2n) is 4.16. The summed E-state index contributed by atoms with van der Waals surface area (Å²) in [5.41, 5.74) is 6.72. The summed E-state index contributed by atoms with van der Waals surface area (Å²) in [5, 5.41) is 0.420. The molecule has 100 valence electrons. The minimum absolute atomic E-state index is 0.230. The van der Waals surface area contributed by atoms with Crippen LogP contribution in [0.4, 0.5) is 5.69 Å². The Morgan fingerprint density at radius 1 is 1.33 bits per heavy atom. The Bertz CT molecular complexity index is 531. The number of nitrogens with zero attached hydrogens (tertiary/aromatic N) is 1. The molecule has 0 radical (unpaired) electrons. The third-order valence-corrected chi connectivity index (χ3v) is 6.20. The largest absolute Gasteiger partial charge is 0.397 e. The predicted octanol–water partition coefficient (Wildman–Crippen LogP) is 1.97. The van der Waals surface area contributed by atoms with Gasteiger partial charge in [-0.15, -0.1) is 0 Å². The van der Waals surface area contributed by atoms with Gasteiger partial charge in [-0.05, 0) is 24.6 Å². The number of aryl methyl sites for hydroxylation is 1. The van der Waals surface area contributed by atoms with Crippen LogP contribution in [0.2, 0.25) is 5.02 Å². The van der Waals surface area contributed by atoms with Gasteiger partial charge in [0.1, 0.15) is 0 Å². The summed E-state index contributed by atoms with van der Waals surface area (Å²) in [6, 6.07) is 3.02. The number of benzene rings is 1. The molecule has 1 aromatic carbocycles. The zero-order valence-corrected chi connectivity index (χ0v) is 12.4. The van der Waals surface area contributed by atoms with Crippen molar-refractivity contribution in [1.29, 1.82) is 0 Å². The van der Waals surface area contributed by atoms with Crippen LogP contribution < -0.4 is 5.73 Å². The van der Waals surface area contributed by atoms with Gasteiger partial charge in [0.05, 0.1) is 15.6 Å². The third kappa shape index (κ3) is 2.61. The minimum atomic E-state index is -3.44. The van der Waals surface area contributed by atoms with Gasteiger partial charge in [0.25, 0.3) is 0 Å². The number of hydrogen-bond acceptors (Lipinski definition) is 4. The summed E-state index contributed by atoms with van der Waals surface area (Å²) in [7, 11) is -3.44. The van der Waals surface area contributed by atoms with Gasteiger partial charge >= 0.3 is 0 Å². The van der Waals surface area contributed by atoms with Crippen molar-refractivity contribution in [3.8, 4) is 0 Å². The van der Waals surface area contributed by atoms with E-state index in [1.54, 1.807) is 24.8 Å². The summed E-state index contributed by atoms with van der Waals surface area (Å²) in [6.45, 7) is 2.85. The molecule has 0 aromatic heterocycles. The zero-order chi connectivity index (χ0) is 13.3. The summed E-state index contributed by atoms with van der Waals surface area (Å²) >= 11 is 7.72. The molecule has 7 heteroatoms. The molecule has 0 bridgehead atoms. The average Bonchev–Trinajstić information content (AvgIpc) is 2.36. The van der Waals surface area contributed by atoms with E-state index >= 15 is 0 Å². The van der Waals surface area contributed by atoms with E-state index in [0.29, 0.717) is 29.4 Å². The van der Waals surface area contributed by atoms with Gasteiger partial charge in [-0.25, -0.2) is 8.42 Å². The first-order valence-electron chi connectivity index (χ1n) is 5.56. The Balaban J connectivity index is 2.41. The van der Waals surface area contributed by atoms with Crippen molar-refractivity contribution in [2.75, 3.05) is 30.3 Å². The maximum Gasteiger partial charge on any atom is 0.243 e. The number of nitrogens with two attached hydrogens (primary N) is 1. The molecule has 1 aromatic rings. The molecule has 0 atom stereocenters. The molecule has 1 fully saturated rings. The fourth-order valence-corrected chi connectivity index (χ4v) is 4.65. The van der Waals surface area contributed by atoms with Crippen molar-refractivity contribution in [2.24, 2.45) is 0 Å². The van der Waals surface area contributed by atoms with Crippen LogP contribution in [0.25, 0.3) is 0 Å².